The van der Waals surface area contributed by atoms with Crippen LogP contribution in [-0.4, -0.2) is 9.78 Å². The number of aromatic nitrogens is 2. The van der Waals surface area contributed by atoms with Crippen molar-refractivity contribution in [3.05, 3.63) is 28.9 Å². The Morgan fingerprint density at radius 1 is 1.50 bits per heavy atom. The van der Waals surface area contributed by atoms with E-state index < -0.39 is 6.98 Å². The average Bonchev–Trinajstić information content (AvgIpc) is 2.62. The molecule has 0 saturated heterocycles. The van der Waals surface area contributed by atoms with Crippen molar-refractivity contribution < 1.29 is 4.11 Å². The quantitative estimate of drug-likeness (QED) is 0.708. The summed E-state index contributed by atoms with van der Waals surface area (Å²) in [6.45, 7) is 1.83. The smallest absolute Gasteiger partial charge is 0.111 e. The predicted octanol–water partition coefficient (Wildman–Crippen LogP) is 3.35. The minimum absolute atomic E-state index is 0.295. The van der Waals surface area contributed by atoms with Crippen molar-refractivity contribution in [3.8, 4) is 0 Å². The van der Waals surface area contributed by atoms with Crippen molar-refractivity contribution in [1.29, 1.82) is 0 Å². The van der Waals surface area contributed by atoms with Crippen LogP contribution in [0.1, 0.15) is 29.4 Å². The van der Waals surface area contributed by atoms with Crippen LogP contribution in [0.2, 0.25) is 5.02 Å². The van der Waals surface area contributed by atoms with Crippen molar-refractivity contribution in [1.82, 2.24) is 9.78 Å². The molecule has 0 amide bonds. The standard InChI is InChI=1S/C11H13ClN2/c1-7(2)8-4-5-10(12)11-9(8)6-14(3)13-11/h4-7H,1-3H3/i3D3. The Hall–Kier alpha value is -1.02. The molecule has 0 atom stereocenters. The van der Waals surface area contributed by atoms with Crippen LogP contribution < -0.4 is 0 Å². The summed E-state index contributed by atoms with van der Waals surface area (Å²) < 4.78 is 23.0. The van der Waals surface area contributed by atoms with E-state index in [1.165, 1.54) is 0 Å². The summed E-state index contributed by atoms with van der Waals surface area (Å²) in [4.78, 5) is 0. The van der Waals surface area contributed by atoms with Gasteiger partial charge in [0, 0.05) is 22.7 Å². The van der Waals surface area contributed by atoms with Crippen LogP contribution in [0.5, 0.6) is 0 Å². The first kappa shape index (κ1) is 6.46. The van der Waals surface area contributed by atoms with Crippen molar-refractivity contribution in [2.45, 2.75) is 19.8 Å². The number of nitrogens with zero attached hydrogens (tertiary/aromatic N) is 2. The van der Waals surface area contributed by atoms with E-state index in [0.717, 1.165) is 15.6 Å². The first-order valence-corrected chi connectivity index (χ1v) is 4.87. The summed E-state index contributed by atoms with van der Waals surface area (Å²) in [5, 5.41) is 5.34. The van der Waals surface area contributed by atoms with Crippen LogP contribution >= 0.6 is 11.6 Å². The molecule has 0 aliphatic carbocycles. The fourth-order valence-corrected chi connectivity index (χ4v) is 1.80. The van der Waals surface area contributed by atoms with Gasteiger partial charge in [-0.15, -0.1) is 0 Å². The molecule has 0 aliphatic rings. The molecule has 74 valence electrons. The monoisotopic (exact) mass is 211 g/mol. The second kappa shape index (κ2) is 3.28. The van der Waals surface area contributed by atoms with Gasteiger partial charge in [-0.25, -0.2) is 0 Å². The number of hydrogen-bond donors (Lipinski definition) is 0. The van der Waals surface area contributed by atoms with Gasteiger partial charge in [0.25, 0.3) is 0 Å². The van der Waals surface area contributed by atoms with E-state index in [4.69, 9.17) is 15.7 Å². The minimum atomic E-state index is -2.27. The van der Waals surface area contributed by atoms with Gasteiger partial charge in [0.1, 0.15) is 5.52 Å². The highest BCUT2D eigenvalue weighted by atomic mass is 35.5. The molecule has 1 aromatic heterocycles. The number of benzene rings is 1. The molecule has 1 aromatic carbocycles. The maximum Gasteiger partial charge on any atom is 0.111 e. The van der Waals surface area contributed by atoms with E-state index in [1.54, 1.807) is 12.3 Å². The molecule has 0 aliphatic heterocycles. The number of fused-ring (bicyclic) bond motifs is 1. The van der Waals surface area contributed by atoms with Gasteiger partial charge in [-0.3, -0.25) is 4.68 Å². The van der Waals surface area contributed by atoms with Gasteiger partial charge in [-0.05, 0) is 17.5 Å². The summed E-state index contributed by atoms with van der Waals surface area (Å²) in [6, 6.07) is 3.68. The molecule has 2 nitrogen and oxygen atoms in total. The molecule has 0 saturated carbocycles. The minimum Gasteiger partial charge on any atom is -0.275 e. The molecule has 1 heterocycles. The Kier molecular flexibility index (Phi) is 1.51. The molecule has 0 unspecified atom stereocenters. The number of rotatable bonds is 1. The van der Waals surface area contributed by atoms with Crippen LogP contribution in [-0.2, 0) is 6.98 Å². The Labute approximate surface area is 92.7 Å². The van der Waals surface area contributed by atoms with E-state index in [9.17, 15) is 0 Å². The fourth-order valence-electron chi connectivity index (χ4n) is 1.60. The zero-order valence-corrected chi connectivity index (χ0v) is 8.84. The maximum absolute atomic E-state index is 7.34. The Morgan fingerprint density at radius 3 is 2.93 bits per heavy atom. The van der Waals surface area contributed by atoms with Crippen molar-refractivity contribution in [2.75, 3.05) is 0 Å². The second-order valence-corrected chi connectivity index (χ2v) is 4.03. The molecule has 3 heteroatoms. The average molecular weight is 212 g/mol. The molecule has 2 rings (SSSR count). The summed E-state index contributed by atoms with van der Waals surface area (Å²) >= 11 is 6.04. The molecule has 0 radical (unpaired) electrons. The highest BCUT2D eigenvalue weighted by molar-refractivity contribution is 6.35. The molecule has 2 aromatic rings. The molecule has 0 bridgehead atoms. The van der Waals surface area contributed by atoms with Crippen molar-refractivity contribution >= 4 is 22.5 Å². The molecule has 0 fully saturated rings. The summed E-state index contributed by atoms with van der Waals surface area (Å²) in [6.07, 6.45) is 1.55. The summed E-state index contributed by atoms with van der Waals surface area (Å²) in [7, 11) is 0. The highest BCUT2D eigenvalue weighted by Crippen LogP contribution is 2.29. The summed E-state index contributed by atoms with van der Waals surface area (Å²) in [5.74, 6) is 0.295. The third-order valence-corrected chi connectivity index (χ3v) is 2.59. The third kappa shape index (κ3) is 1.40. The largest absolute Gasteiger partial charge is 0.275 e. The fraction of sp³-hybridized carbons (Fsp3) is 0.364. The van der Waals surface area contributed by atoms with E-state index >= 15 is 0 Å². The van der Waals surface area contributed by atoms with Gasteiger partial charge in [-0.2, -0.15) is 5.10 Å². The zero-order chi connectivity index (χ0) is 12.8. The zero-order valence-electron chi connectivity index (χ0n) is 11.1. The Morgan fingerprint density at radius 2 is 2.29 bits per heavy atom. The molecule has 0 N–H and O–H groups in total. The van der Waals surface area contributed by atoms with E-state index in [1.807, 2.05) is 6.07 Å². The summed E-state index contributed by atoms with van der Waals surface area (Å²) in [5.41, 5.74) is 1.61. The lowest BCUT2D eigenvalue weighted by molar-refractivity contribution is 0.779. The van der Waals surface area contributed by atoms with Gasteiger partial charge >= 0.3 is 0 Å². The van der Waals surface area contributed by atoms with Crippen LogP contribution in [0.3, 0.4) is 0 Å². The SMILES string of the molecule is [2H]C([2H])([2H])n1cc2c(C(C)C)ccc(Cl)c2n1. The molecular weight excluding hydrogens is 196 g/mol. The molecule has 14 heavy (non-hydrogen) atoms. The van der Waals surface area contributed by atoms with Crippen LogP contribution in [0.15, 0.2) is 18.3 Å². The highest BCUT2D eigenvalue weighted by Gasteiger charge is 2.10. The Bertz CT molecular complexity index is 558. The van der Waals surface area contributed by atoms with Crippen molar-refractivity contribution in [3.63, 3.8) is 0 Å². The molecule has 0 spiro atoms. The van der Waals surface area contributed by atoms with Gasteiger partial charge < -0.3 is 0 Å². The third-order valence-electron chi connectivity index (χ3n) is 2.28. The maximum atomic E-state index is 7.34. The number of halogens is 1. The van der Waals surface area contributed by atoms with Gasteiger partial charge in [0.2, 0.25) is 0 Å². The first-order chi connectivity index (χ1) is 7.80. The van der Waals surface area contributed by atoms with Crippen LogP contribution in [0, 0.1) is 0 Å². The van der Waals surface area contributed by atoms with Gasteiger partial charge in [-0.1, -0.05) is 31.5 Å². The second-order valence-electron chi connectivity index (χ2n) is 3.63. The lowest BCUT2D eigenvalue weighted by Crippen LogP contribution is -1.87. The lowest BCUT2D eigenvalue weighted by Gasteiger charge is -2.06. The van der Waals surface area contributed by atoms with E-state index in [-0.39, 0.29) is 0 Å². The predicted molar refractivity (Wildman–Crippen MR) is 59.8 cm³/mol. The van der Waals surface area contributed by atoms with Crippen LogP contribution in [0.25, 0.3) is 10.9 Å². The first-order valence-electron chi connectivity index (χ1n) is 5.99. The number of hydrogen-bond acceptors (Lipinski definition) is 1. The van der Waals surface area contributed by atoms with Crippen molar-refractivity contribution in [2.24, 2.45) is 6.98 Å². The van der Waals surface area contributed by atoms with E-state index in [2.05, 4.69) is 18.9 Å². The van der Waals surface area contributed by atoms with Gasteiger partial charge in [0.05, 0.1) is 5.02 Å². The normalized spacial score (nSPS) is 15.6. The van der Waals surface area contributed by atoms with Gasteiger partial charge in [0.15, 0.2) is 0 Å². The lowest BCUT2D eigenvalue weighted by atomic mass is 10.00. The topological polar surface area (TPSA) is 17.8 Å². The van der Waals surface area contributed by atoms with Crippen LogP contribution in [0.4, 0.5) is 0 Å². The Balaban J connectivity index is 2.74. The van der Waals surface area contributed by atoms with E-state index in [0.29, 0.717) is 16.5 Å². The molecular formula is C11H13ClN2. The number of aryl methyl sites for hydroxylation is 1.